The highest BCUT2D eigenvalue weighted by molar-refractivity contribution is 7.13. The van der Waals surface area contributed by atoms with Crippen LogP contribution in [0.2, 0.25) is 0 Å². The minimum absolute atomic E-state index is 0.0362. The topological polar surface area (TPSA) is 51.7 Å². The number of anilines is 1. The summed E-state index contributed by atoms with van der Waals surface area (Å²) in [5.74, 6) is 1.93. The van der Waals surface area contributed by atoms with E-state index in [1.54, 1.807) is 30.5 Å². The number of urea groups is 1. The van der Waals surface area contributed by atoms with Crippen molar-refractivity contribution in [3.63, 3.8) is 0 Å². The quantitative estimate of drug-likeness (QED) is 0.854. The van der Waals surface area contributed by atoms with Crippen LogP contribution in [0, 0.1) is 5.92 Å². The monoisotopic (exact) mass is 401 g/mol. The molecule has 0 bridgehead atoms. The molecule has 1 N–H and O–H groups in total. The molecule has 28 heavy (non-hydrogen) atoms. The maximum Gasteiger partial charge on any atom is 0.317 e. The third-order valence-electron chi connectivity index (χ3n) is 6.13. The second kappa shape index (κ2) is 8.66. The summed E-state index contributed by atoms with van der Waals surface area (Å²) in [7, 11) is 3.60. The first-order valence-electron chi connectivity index (χ1n) is 10.4. The number of hydrogen-bond donors (Lipinski definition) is 1. The molecule has 1 saturated heterocycles. The molecule has 1 aromatic carbocycles. The number of nitrogens with zero attached hydrogens (tertiary/aromatic N) is 4. The molecule has 7 heteroatoms. The molecule has 2 amide bonds. The molecule has 152 valence electrons. The van der Waals surface area contributed by atoms with Crippen LogP contribution in [0.1, 0.15) is 25.7 Å². The van der Waals surface area contributed by atoms with Gasteiger partial charge in [-0.2, -0.15) is 4.37 Å². The van der Waals surface area contributed by atoms with Crippen LogP contribution in [0.15, 0.2) is 24.3 Å². The first-order chi connectivity index (χ1) is 13.6. The van der Waals surface area contributed by atoms with Gasteiger partial charge in [0, 0.05) is 58.2 Å². The predicted molar refractivity (Wildman–Crippen MR) is 116 cm³/mol. The molecule has 0 spiro atoms. The third kappa shape index (κ3) is 4.41. The number of hydrogen-bond acceptors (Lipinski definition) is 5. The zero-order chi connectivity index (χ0) is 19.5. The number of fused-ring (bicyclic) bond motifs is 1. The SMILES string of the molecule is CN(C)C(=O)NC1CCC(CN2CCN(c3nsc4ccccc34)CC2)CC1. The molecule has 2 fully saturated rings. The van der Waals surface area contributed by atoms with Crippen LogP contribution in [0.25, 0.3) is 10.1 Å². The van der Waals surface area contributed by atoms with Crippen molar-refractivity contribution < 1.29 is 4.79 Å². The van der Waals surface area contributed by atoms with Crippen LogP contribution in [0.5, 0.6) is 0 Å². The van der Waals surface area contributed by atoms with E-state index in [2.05, 4.69) is 39.4 Å². The normalized spacial score (nSPS) is 23.7. The Morgan fingerprint density at radius 1 is 1.14 bits per heavy atom. The van der Waals surface area contributed by atoms with Crippen molar-refractivity contribution in [2.75, 3.05) is 51.7 Å². The van der Waals surface area contributed by atoms with Crippen LogP contribution in [0.3, 0.4) is 0 Å². The van der Waals surface area contributed by atoms with E-state index in [1.165, 1.54) is 29.5 Å². The van der Waals surface area contributed by atoms with Crippen LogP contribution >= 0.6 is 11.5 Å². The summed E-state index contributed by atoms with van der Waals surface area (Å²) in [5.41, 5.74) is 0. The van der Waals surface area contributed by atoms with Gasteiger partial charge in [-0.3, -0.25) is 4.90 Å². The highest BCUT2D eigenvalue weighted by Gasteiger charge is 2.26. The number of benzene rings is 1. The smallest absolute Gasteiger partial charge is 0.317 e. The molecule has 2 heterocycles. The molecule has 1 aromatic heterocycles. The lowest BCUT2D eigenvalue weighted by molar-refractivity contribution is 0.174. The number of amides is 2. The summed E-state index contributed by atoms with van der Waals surface area (Å²) in [6.07, 6.45) is 4.65. The van der Waals surface area contributed by atoms with Gasteiger partial charge >= 0.3 is 6.03 Å². The molecule has 0 atom stereocenters. The van der Waals surface area contributed by atoms with Gasteiger partial charge in [-0.1, -0.05) is 12.1 Å². The molecule has 2 aromatic rings. The van der Waals surface area contributed by atoms with Gasteiger partial charge in [-0.15, -0.1) is 0 Å². The van der Waals surface area contributed by atoms with Crippen molar-refractivity contribution in [2.24, 2.45) is 5.92 Å². The molecule has 0 radical (unpaired) electrons. The van der Waals surface area contributed by atoms with Crippen molar-refractivity contribution in [1.29, 1.82) is 0 Å². The van der Waals surface area contributed by atoms with Gasteiger partial charge in [0.2, 0.25) is 0 Å². The molecule has 1 saturated carbocycles. The molecule has 1 aliphatic carbocycles. The Hall–Kier alpha value is -1.86. The Balaban J connectivity index is 1.23. The van der Waals surface area contributed by atoms with Crippen molar-refractivity contribution in [3.8, 4) is 0 Å². The van der Waals surface area contributed by atoms with Crippen molar-refractivity contribution in [3.05, 3.63) is 24.3 Å². The van der Waals surface area contributed by atoms with E-state index in [4.69, 9.17) is 4.37 Å². The van der Waals surface area contributed by atoms with Crippen molar-refractivity contribution in [2.45, 2.75) is 31.7 Å². The Morgan fingerprint density at radius 3 is 2.57 bits per heavy atom. The molecule has 6 nitrogen and oxygen atoms in total. The van der Waals surface area contributed by atoms with Gasteiger partial charge in [0.25, 0.3) is 0 Å². The van der Waals surface area contributed by atoms with E-state index < -0.39 is 0 Å². The third-order valence-corrected chi connectivity index (χ3v) is 6.94. The predicted octanol–water partition coefficient (Wildman–Crippen LogP) is 3.25. The number of rotatable bonds is 4. The Kier molecular flexibility index (Phi) is 6.01. The summed E-state index contributed by atoms with van der Waals surface area (Å²) in [4.78, 5) is 18.5. The van der Waals surface area contributed by atoms with Crippen LogP contribution in [-0.2, 0) is 0 Å². The van der Waals surface area contributed by atoms with Gasteiger partial charge < -0.3 is 15.1 Å². The lowest BCUT2D eigenvalue weighted by atomic mass is 9.85. The maximum atomic E-state index is 11.8. The number of carbonyl (C=O) groups is 1. The second-order valence-electron chi connectivity index (χ2n) is 8.35. The highest BCUT2D eigenvalue weighted by atomic mass is 32.1. The highest BCUT2D eigenvalue weighted by Crippen LogP contribution is 2.30. The van der Waals surface area contributed by atoms with E-state index >= 15 is 0 Å². The van der Waals surface area contributed by atoms with E-state index in [0.717, 1.165) is 50.8 Å². The van der Waals surface area contributed by atoms with E-state index in [-0.39, 0.29) is 6.03 Å². The second-order valence-corrected chi connectivity index (χ2v) is 9.16. The fraction of sp³-hybridized carbons (Fsp3) is 0.619. The largest absolute Gasteiger partial charge is 0.353 e. The average Bonchev–Trinajstić information content (AvgIpc) is 3.14. The van der Waals surface area contributed by atoms with Gasteiger partial charge in [-0.05, 0) is 55.3 Å². The minimum Gasteiger partial charge on any atom is -0.353 e. The first kappa shape index (κ1) is 19.5. The lowest BCUT2D eigenvalue weighted by Crippen LogP contribution is -2.49. The van der Waals surface area contributed by atoms with Crippen LogP contribution in [-0.4, -0.2) is 73.1 Å². The van der Waals surface area contributed by atoms with Gasteiger partial charge in [0.05, 0.1) is 4.70 Å². The minimum atomic E-state index is 0.0362. The van der Waals surface area contributed by atoms with Gasteiger partial charge in [0.15, 0.2) is 0 Å². The summed E-state index contributed by atoms with van der Waals surface area (Å²) in [6.45, 7) is 5.54. The van der Waals surface area contributed by atoms with E-state index in [9.17, 15) is 4.79 Å². The fourth-order valence-electron chi connectivity index (χ4n) is 4.40. The maximum absolute atomic E-state index is 11.8. The molecule has 4 rings (SSSR count). The standard InChI is InChI=1S/C21H31N5OS/c1-24(2)21(27)22-17-9-7-16(8-10-17)15-25-11-13-26(14-12-25)20-18-5-3-4-6-19(18)28-23-20/h3-6,16-17H,7-15H2,1-2H3,(H,22,27). The Labute approximate surface area is 171 Å². The molecule has 1 aliphatic heterocycles. The van der Waals surface area contributed by atoms with Crippen LogP contribution in [0.4, 0.5) is 10.6 Å². The van der Waals surface area contributed by atoms with Crippen molar-refractivity contribution in [1.82, 2.24) is 19.5 Å². The number of nitrogens with one attached hydrogen (secondary N) is 1. The summed E-state index contributed by atoms with van der Waals surface area (Å²) in [6, 6.07) is 8.92. The number of aromatic nitrogens is 1. The molecule has 2 aliphatic rings. The van der Waals surface area contributed by atoms with E-state index in [0.29, 0.717) is 6.04 Å². The van der Waals surface area contributed by atoms with Crippen LogP contribution < -0.4 is 10.2 Å². The average molecular weight is 402 g/mol. The lowest BCUT2D eigenvalue weighted by Gasteiger charge is -2.38. The van der Waals surface area contributed by atoms with E-state index in [1.807, 2.05) is 0 Å². The molecule has 0 unspecified atom stereocenters. The van der Waals surface area contributed by atoms with Gasteiger partial charge in [-0.25, -0.2) is 4.79 Å². The first-order valence-corrected chi connectivity index (χ1v) is 11.2. The molecular formula is C21H31N5OS. The zero-order valence-electron chi connectivity index (χ0n) is 16.9. The molecular weight excluding hydrogens is 370 g/mol. The summed E-state index contributed by atoms with van der Waals surface area (Å²) < 4.78 is 5.99. The summed E-state index contributed by atoms with van der Waals surface area (Å²) in [5, 5.41) is 4.43. The summed E-state index contributed by atoms with van der Waals surface area (Å²) >= 11 is 1.60. The Morgan fingerprint density at radius 2 is 1.86 bits per heavy atom. The van der Waals surface area contributed by atoms with Crippen molar-refractivity contribution >= 4 is 33.5 Å². The Bertz CT molecular complexity index is 791. The van der Waals surface area contributed by atoms with Gasteiger partial charge in [0.1, 0.15) is 5.82 Å². The zero-order valence-corrected chi connectivity index (χ0v) is 17.7. The number of piperazine rings is 1. The fourth-order valence-corrected chi connectivity index (χ4v) is 5.20. The number of carbonyl (C=O) groups excluding carboxylic acids is 1.